The summed E-state index contributed by atoms with van der Waals surface area (Å²) in [5, 5.41) is 8.40. The van der Waals surface area contributed by atoms with Gasteiger partial charge in [0.15, 0.2) is 5.82 Å². The van der Waals surface area contributed by atoms with Crippen molar-refractivity contribution in [2.45, 2.75) is 52.1 Å². The van der Waals surface area contributed by atoms with Crippen LogP contribution in [0.2, 0.25) is 0 Å². The van der Waals surface area contributed by atoms with E-state index in [1.807, 2.05) is 24.0 Å². The van der Waals surface area contributed by atoms with E-state index in [1.165, 1.54) is 12.8 Å². The molecule has 0 radical (unpaired) electrons. The zero-order valence-corrected chi connectivity index (χ0v) is 15.5. The Morgan fingerprint density at radius 2 is 2.04 bits per heavy atom. The van der Waals surface area contributed by atoms with Crippen molar-refractivity contribution in [2.75, 3.05) is 37.7 Å². The van der Waals surface area contributed by atoms with Crippen molar-refractivity contribution in [3.05, 3.63) is 17.8 Å². The first-order valence-electron chi connectivity index (χ1n) is 9.56. The van der Waals surface area contributed by atoms with Crippen molar-refractivity contribution in [1.82, 2.24) is 15.1 Å². The maximum absolute atomic E-state index is 12.5. The molecule has 2 unspecified atom stereocenters. The molecule has 2 aliphatic rings. The molecule has 1 aromatic heterocycles. The third-order valence-corrected chi connectivity index (χ3v) is 5.29. The van der Waals surface area contributed by atoms with Crippen LogP contribution in [0.4, 0.5) is 5.82 Å². The van der Waals surface area contributed by atoms with Gasteiger partial charge in [0.25, 0.3) is 0 Å². The van der Waals surface area contributed by atoms with Crippen LogP contribution in [0.1, 0.15) is 44.7 Å². The topological polar surface area (TPSA) is 58.6 Å². The fourth-order valence-electron chi connectivity index (χ4n) is 3.77. The second kappa shape index (κ2) is 8.61. The second-order valence-corrected chi connectivity index (χ2v) is 7.46. The number of amides is 1. The monoisotopic (exact) mass is 346 g/mol. The van der Waals surface area contributed by atoms with Crippen LogP contribution in [-0.2, 0) is 9.53 Å². The summed E-state index contributed by atoms with van der Waals surface area (Å²) >= 11 is 0. The van der Waals surface area contributed by atoms with Crippen molar-refractivity contribution in [3.8, 4) is 0 Å². The Morgan fingerprint density at radius 3 is 2.80 bits per heavy atom. The van der Waals surface area contributed by atoms with Crippen molar-refractivity contribution in [3.63, 3.8) is 0 Å². The predicted molar refractivity (Wildman–Crippen MR) is 97.6 cm³/mol. The molecule has 0 N–H and O–H groups in total. The van der Waals surface area contributed by atoms with Gasteiger partial charge in [-0.15, -0.1) is 5.10 Å². The summed E-state index contributed by atoms with van der Waals surface area (Å²) in [4.78, 5) is 16.7. The number of carbonyl (C=O) groups excluding carboxylic acids is 1. The average Bonchev–Trinajstić information content (AvgIpc) is 2.87. The van der Waals surface area contributed by atoms with E-state index in [0.29, 0.717) is 0 Å². The van der Waals surface area contributed by atoms with Gasteiger partial charge >= 0.3 is 0 Å². The van der Waals surface area contributed by atoms with Gasteiger partial charge in [0, 0.05) is 26.2 Å². The minimum atomic E-state index is 0.120. The number of anilines is 1. The van der Waals surface area contributed by atoms with Gasteiger partial charge in [0.1, 0.15) is 6.61 Å². The number of aromatic nitrogens is 2. The van der Waals surface area contributed by atoms with Crippen LogP contribution in [0.25, 0.3) is 0 Å². The predicted octanol–water partition coefficient (Wildman–Crippen LogP) is 2.42. The van der Waals surface area contributed by atoms with Crippen LogP contribution in [0.3, 0.4) is 0 Å². The van der Waals surface area contributed by atoms with Crippen LogP contribution in [0.15, 0.2) is 12.1 Å². The minimum Gasteiger partial charge on any atom is -0.368 e. The summed E-state index contributed by atoms with van der Waals surface area (Å²) in [6.45, 7) is 7.65. The van der Waals surface area contributed by atoms with Gasteiger partial charge < -0.3 is 14.5 Å². The lowest BCUT2D eigenvalue weighted by molar-refractivity contribution is -0.139. The van der Waals surface area contributed by atoms with Crippen LogP contribution in [-0.4, -0.2) is 59.9 Å². The average molecular weight is 346 g/mol. The van der Waals surface area contributed by atoms with Gasteiger partial charge in [-0.2, -0.15) is 5.10 Å². The number of hydrogen-bond donors (Lipinski definition) is 0. The molecule has 1 amide bonds. The fraction of sp³-hybridized carbons (Fsp3) is 0.737. The lowest BCUT2D eigenvalue weighted by Gasteiger charge is -2.28. The number of rotatable bonds is 4. The van der Waals surface area contributed by atoms with E-state index in [-0.39, 0.29) is 18.6 Å². The number of carbonyl (C=O) groups is 1. The van der Waals surface area contributed by atoms with E-state index in [0.717, 1.165) is 62.9 Å². The number of aryl methyl sites for hydroxylation is 1. The van der Waals surface area contributed by atoms with Crippen molar-refractivity contribution in [2.24, 2.45) is 5.92 Å². The van der Waals surface area contributed by atoms with Gasteiger partial charge in [-0.1, -0.05) is 19.8 Å². The Bertz CT molecular complexity index is 563. The normalized spacial score (nSPS) is 24.9. The van der Waals surface area contributed by atoms with E-state index in [2.05, 4.69) is 22.0 Å². The lowest BCUT2D eigenvalue weighted by atomic mass is 9.89. The molecule has 0 bridgehead atoms. The summed E-state index contributed by atoms with van der Waals surface area (Å²) in [5.41, 5.74) is 0.921. The molecule has 0 spiro atoms. The molecular formula is C19H30N4O2. The maximum atomic E-state index is 12.5. The molecule has 1 aliphatic heterocycles. The van der Waals surface area contributed by atoms with E-state index in [4.69, 9.17) is 4.74 Å². The molecule has 1 saturated carbocycles. The molecule has 2 heterocycles. The summed E-state index contributed by atoms with van der Waals surface area (Å²) in [5.74, 6) is 1.73. The molecule has 1 saturated heterocycles. The van der Waals surface area contributed by atoms with Gasteiger partial charge in [-0.05, 0) is 44.2 Å². The van der Waals surface area contributed by atoms with Crippen LogP contribution in [0, 0.1) is 12.8 Å². The van der Waals surface area contributed by atoms with E-state index < -0.39 is 0 Å². The molecule has 2 fully saturated rings. The largest absolute Gasteiger partial charge is 0.368 e. The Morgan fingerprint density at radius 1 is 1.16 bits per heavy atom. The van der Waals surface area contributed by atoms with Crippen LogP contribution in [0.5, 0.6) is 0 Å². The first-order valence-corrected chi connectivity index (χ1v) is 9.56. The molecule has 6 nitrogen and oxygen atoms in total. The molecule has 1 aromatic rings. The fourth-order valence-corrected chi connectivity index (χ4v) is 3.77. The van der Waals surface area contributed by atoms with Gasteiger partial charge in [-0.25, -0.2) is 0 Å². The van der Waals surface area contributed by atoms with Crippen LogP contribution < -0.4 is 4.90 Å². The molecule has 1 aliphatic carbocycles. The molecule has 25 heavy (non-hydrogen) atoms. The summed E-state index contributed by atoms with van der Waals surface area (Å²) in [6.07, 6.45) is 5.90. The maximum Gasteiger partial charge on any atom is 0.248 e. The van der Waals surface area contributed by atoms with E-state index in [9.17, 15) is 4.79 Å². The Kier molecular flexibility index (Phi) is 6.24. The number of hydrogen-bond acceptors (Lipinski definition) is 5. The first kappa shape index (κ1) is 18.1. The highest BCUT2D eigenvalue weighted by Gasteiger charge is 2.23. The molecular weight excluding hydrogens is 316 g/mol. The summed E-state index contributed by atoms with van der Waals surface area (Å²) in [7, 11) is 0. The Balaban J connectivity index is 1.47. The van der Waals surface area contributed by atoms with Gasteiger partial charge in [0.2, 0.25) is 5.91 Å². The van der Waals surface area contributed by atoms with Gasteiger partial charge in [-0.3, -0.25) is 4.79 Å². The Hall–Kier alpha value is -1.69. The third-order valence-electron chi connectivity index (χ3n) is 5.29. The number of nitrogens with zero attached hydrogens (tertiary/aromatic N) is 4. The Labute approximate surface area is 150 Å². The highest BCUT2D eigenvalue weighted by atomic mass is 16.5. The highest BCUT2D eigenvalue weighted by molar-refractivity contribution is 5.77. The summed E-state index contributed by atoms with van der Waals surface area (Å²) < 4.78 is 5.91. The van der Waals surface area contributed by atoms with Gasteiger partial charge in [0.05, 0.1) is 11.8 Å². The third kappa shape index (κ3) is 5.14. The highest BCUT2D eigenvalue weighted by Crippen LogP contribution is 2.25. The minimum absolute atomic E-state index is 0.120. The molecule has 138 valence electrons. The van der Waals surface area contributed by atoms with Crippen molar-refractivity contribution < 1.29 is 9.53 Å². The lowest BCUT2D eigenvalue weighted by Crippen LogP contribution is -2.38. The van der Waals surface area contributed by atoms with Crippen molar-refractivity contribution >= 4 is 11.7 Å². The second-order valence-electron chi connectivity index (χ2n) is 7.46. The quantitative estimate of drug-likeness (QED) is 0.838. The zero-order valence-electron chi connectivity index (χ0n) is 15.5. The molecule has 0 aromatic carbocycles. The first-order chi connectivity index (χ1) is 12.1. The smallest absolute Gasteiger partial charge is 0.248 e. The number of ether oxygens (including phenoxy) is 1. The molecule has 6 heteroatoms. The standard InChI is InChI=1S/C19H30N4O2/c1-15-5-3-6-17(13-15)25-14-19(24)23-10-4-9-22(11-12-23)18-8-7-16(2)20-21-18/h7-8,15,17H,3-6,9-14H2,1-2H3. The van der Waals surface area contributed by atoms with E-state index in [1.54, 1.807) is 0 Å². The summed E-state index contributed by atoms with van der Waals surface area (Å²) in [6, 6.07) is 3.99. The zero-order chi connectivity index (χ0) is 17.6. The van der Waals surface area contributed by atoms with Crippen molar-refractivity contribution in [1.29, 1.82) is 0 Å². The molecule has 3 rings (SSSR count). The molecule has 2 atom stereocenters. The SMILES string of the molecule is Cc1ccc(N2CCCN(C(=O)COC3CCCC(C)C3)CC2)nn1. The van der Waals surface area contributed by atoms with E-state index >= 15 is 0 Å². The van der Waals surface area contributed by atoms with Crippen LogP contribution >= 0.6 is 0 Å².